The molecule has 9 nitrogen and oxygen atoms in total. The molecule has 146 valence electrons. The van der Waals surface area contributed by atoms with Gasteiger partial charge in [-0.2, -0.15) is 4.98 Å². The Kier molecular flexibility index (Phi) is 6.53. The average Bonchev–Trinajstić information content (AvgIpc) is 2.92. The second-order valence-corrected chi connectivity index (χ2v) is 8.99. The fraction of sp³-hybridized carbons (Fsp3) is 0.688. The smallest absolute Gasteiger partial charge is 0.345 e. The topological polar surface area (TPSA) is 121 Å². The molecule has 26 heavy (non-hydrogen) atoms. The number of hydrogen-bond acceptors (Lipinski definition) is 6. The van der Waals surface area contributed by atoms with Gasteiger partial charge in [0.05, 0.1) is 25.0 Å². The van der Waals surface area contributed by atoms with Gasteiger partial charge in [-0.05, 0) is 25.8 Å². The first-order chi connectivity index (χ1) is 12.1. The van der Waals surface area contributed by atoms with E-state index in [1.165, 1.54) is 18.4 Å². The number of nitrogens with one attached hydrogen (secondary N) is 2. The highest BCUT2D eigenvalue weighted by Gasteiger charge is 2.34. The second kappa shape index (κ2) is 8.28. The van der Waals surface area contributed by atoms with Crippen LogP contribution in [-0.2, 0) is 26.0 Å². The first-order valence-electron chi connectivity index (χ1n) is 8.44. The number of aryl methyl sites for hydroxylation is 2. The molecule has 2 rings (SSSR count). The maximum Gasteiger partial charge on any atom is 0.345 e. The van der Waals surface area contributed by atoms with E-state index in [2.05, 4.69) is 15.3 Å². The van der Waals surface area contributed by atoms with Crippen molar-refractivity contribution in [3.63, 3.8) is 0 Å². The van der Waals surface area contributed by atoms with E-state index in [9.17, 15) is 18.0 Å². The third kappa shape index (κ3) is 5.12. The maximum atomic E-state index is 12.3. The zero-order valence-corrected chi connectivity index (χ0v) is 16.4. The summed E-state index contributed by atoms with van der Waals surface area (Å²) in [5.41, 5.74) is 1.75. The van der Waals surface area contributed by atoms with E-state index >= 15 is 0 Å². The lowest BCUT2D eigenvalue weighted by Crippen LogP contribution is -2.43. The summed E-state index contributed by atoms with van der Waals surface area (Å²) < 4.78 is 30.6. The summed E-state index contributed by atoms with van der Waals surface area (Å²) in [6.45, 7) is 4.12. The molecule has 0 spiro atoms. The molecule has 2 heterocycles. The van der Waals surface area contributed by atoms with E-state index in [0.29, 0.717) is 31.0 Å². The average molecular weight is 386 g/mol. The molecule has 2 N–H and O–H groups in total. The van der Waals surface area contributed by atoms with Crippen molar-refractivity contribution in [1.29, 1.82) is 0 Å². The number of rotatable bonds is 7. The molecule has 0 aromatic carbocycles. The van der Waals surface area contributed by atoms with Crippen LogP contribution in [0, 0.1) is 19.8 Å². The Bertz CT molecular complexity index is 792. The molecule has 0 bridgehead atoms. The number of carbonyl (C=O) groups excluding carboxylic acids is 1. The second-order valence-electron chi connectivity index (χ2n) is 6.76. The van der Waals surface area contributed by atoms with Crippen LogP contribution < -0.4 is 11.0 Å². The summed E-state index contributed by atoms with van der Waals surface area (Å²) in [6.07, 6.45) is 0.667. The standard InChI is InChI=1S/C16H26N4O5S/c1-10-13(11(2)18-16(22)17-10)5-6-15(21)19-14-8-25-7-12(14)9-26(23,24)20(3)4/h12,14H,5-9H2,1-4H3,(H,19,21)(H,17,18,22)/t12-,14+/m0/s1. The van der Waals surface area contributed by atoms with Gasteiger partial charge in [0.2, 0.25) is 15.9 Å². The first kappa shape index (κ1) is 20.5. The third-order valence-corrected chi connectivity index (χ3v) is 6.54. The Labute approximate surface area is 153 Å². The normalized spacial score (nSPS) is 20.5. The summed E-state index contributed by atoms with van der Waals surface area (Å²) in [5, 5.41) is 2.87. The zero-order chi connectivity index (χ0) is 19.5. The van der Waals surface area contributed by atoms with Crippen molar-refractivity contribution >= 4 is 15.9 Å². The van der Waals surface area contributed by atoms with Gasteiger partial charge in [0.1, 0.15) is 0 Å². The first-order valence-corrected chi connectivity index (χ1v) is 10.0. The lowest BCUT2D eigenvalue weighted by Gasteiger charge is -2.21. The van der Waals surface area contributed by atoms with E-state index in [0.717, 1.165) is 5.56 Å². The quantitative estimate of drug-likeness (QED) is 0.642. The van der Waals surface area contributed by atoms with Crippen LogP contribution in [-0.4, -0.2) is 67.7 Å². The fourth-order valence-electron chi connectivity index (χ4n) is 2.98. The number of hydrogen-bond donors (Lipinski definition) is 2. The van der Waals surface area contributed by atoms with Crippen LogP contribution >= 0.6 is 0 Å². The highest BCUT2D eigenvalue weighted by atomic mass is 32.2. The molecule has 10 heteroatoms. The van der Waals surface area contributed by atoms with Gasteiger partial charge < -0.3 is 15.0 Å². The molecule has 0 saturated carbocycles. The Balaban J connectivity index is 1.94. The predicted molar refractivity (Wildman–Crippen MR) is 96.4 cm³/mol. The molecular weight excluding hydrogens is 360 g/mol. The molecule has 1 saturated heterocycles. The highest BCUT2D eigenvalue weighted by molar-refractivity contribution is 7.89. The molecule has 1 amide bonds. The van der Waals surface area contributed by atoms with E-state index < -0.39 is 15.7 Å². The van der Waals surface area contributed by atoms with Crippen LogP contribution in [0.5, 0.6) is 0 Å². The molecule has 0 unspecified atom stereocenters. The Morgan fingerprint density at radius 1 is 1.35 bits per heavy atom. The van der Waals surface area contributed by atoms with Gasteiger partial charge >= 0.3 is 5.69 Å². The van der Waals surface area contributed by atoms with Crippen LogP contribution in [0.15, 0.2) is 4.79 Å². The Morgan fingerprint density at radius 3 is 2.65 bits per heavy atom. The van der Waals surface area contributed by atoms with Crippen molar-refractivity contribution in [1.82, 2.24) is 19.6 Å². The highest BCUT2D eigenvalue weighted by Crippen LogP contribution is 2.18. The van der Waals surface area contributed by atoms with Gasteiger partial charge in [0, 0.05) is 37.8 Å². The molecule has 1 aliphatic rings. The number of amides is 1. The van der Waals surface area contributed by atoms with Gasteiger partial charge in [-0.25, -0.2) is 17.5 Å². The van der Waals surface area contributed by atoms with Gasteiger partial charge in [0.15, 0.2) is 0 Å². The van der Waals surface area contributed by atoms with E-state index in [1.807, 2.05) is 0 Å². The van der Waals surface area contributed by atoms with Crippen LogP contribution in [0.4, 0.5) is 0 Å². The van der Waals surface area contributed by atoms with Crippen molar-refractivity contribution in [2.24, 2.45) is 5.92 Å². The van der Waals surface area contributed by atoms with Crippen molar-refractivity contribution < 1.29 is 17.9 Å². The van der Waals surface area contributed by atoms with Crippen LogP contribution in [0.2, 0.25) is 0 Å². The van der Waals surface area contributed by atoms with Gasteiger partial charge in [0.25, 0.3) is 0 Å². The molecule has 0 radical (unpaired) electrons. The molecule has 0 aliphatic carbocycles. The number of aromatic amines is 1. The van der Waals surface area contributed by atoms with E-state index in [1.54, 1.807) is 13.8 Å². The molecule has 1 aliphatic heterocycles. The summed E-state index contributed by atoms with van der Waals surface area (Å²) in [6, 6.07) is -0.326. The van der Waals surface area contributed by atoms with Crippen molar-refractivity contribution in [2.45, 2.75) is 32.7 Å². The maximum absolute atomic E-state index is 12.3. The number of nitrogens with zero attached hydrogens (tertiary/aromatic N) is 2. The molecule has 2 atom stereocenters. The largest absolute Gasteiger partial charge is 0.379 e. The minimum atomic E-state index is -3.36. The van der Waals surface area contributed by atoms with Crippen molar-refractivity contribution in [2.75, 3.05) is 33.1 Å². The van der Waals surface area contributed by atoms with Gasteiger partial charge in [-0.3, -0.25) is 4.79 Å². The van der Waals surface area contributed by atoms with Crippen LogP contribution in [0.3, 0.4) is 0 Å². The summed E-state index contributed by atoms with van der Waals surface area (Å²) in [4.78, 5) is 30.1. The lowest BCUT2D eigenvalue weighted by atomic mass is 10.0. The minimum Gasteiger partial charge on any atom is -0.379 e. The monoisotopic (exact) mass is 386 g/mol. The summed E-state index contributed by atoms with van der Waals surface area (Å²) in [5.74, 6) is -0.519. The summed E-state index contributed by atoms with van der Waals surface area (Å²) >= 11 is 0. The predicted octanol–water partition coefficient (Wildman–Crippen LogP) is -0.658. The van der Waals surface area contributed by atoms with E-state index in [4.69, 9.17) is 4.74 Å². The number of carbonyl (C=O) groups is 1. The fourth-order valence-corrected chi connectivity index (χ4v) is 4.15. The third-order valence-electron chi connectivity index (χ3n) is 4.58. The number of aromatic nitrogens is 2. The Hall–Kier alpha value is -1.78. The minimum absolute atomic E-state index is 0.0625. The molecule has 1 fully saturated rings. The van der Waals surface area contributed by atoms with Gasteiger partial charge in [-0.15, -0.1) is 0 Å². The number of ether oxygens (including phenoxy) is 1. The summed E-state index contributed by atoms with van der Waals surface area (Å²) in [7, 11) is -0.385. The molecule has 1 aromatic heterocycles. The number of H-pyrrole nitrogens is 1. The van der Waals surface area contributed by atoms with Crippen molar-refractivity contribution in [3.05, 3.63) is 27.4 Å². The Morgan fingerprint density at radius 2 is 2.04 bits per heavy atom. The SMILES string of the molecule is Cc1nc(=O)[nH]c(C)c1CCC(=O)N[C@@H]1COC[C@H]1CS(=O)(=O)N(C)C. The van der Waals surface area contributed by atoms with Crippen LogP contribution in [0.1, 0.15) is 23.4 Å². The number of sulfonamides is 1. The molecular formula is C16H26N4O5S. The molecule has 1 aromatic rings. The van der Waals surface area contributed by atoms with Crippen molar-refractivity contribution in [3.8, 4) is 0 Å². The zero-order valence-electron chi connectivity index (χ0n) is 15.5. The van der Waals surface area contributed by atoms with E-state index in [-0.39, 0.29) is 30.0 Å². The van der Waals surface area contributed by atoms with Gasteiger partial charge in [-0.1, -0.05) is 0 Å². The lowest BCUT2D eigenvalue weighted by molar-refractivity contribution is -0.121. The van der Waals surface area contributed by atoms with Crippen LogP contribution in [0.25, 0.3) is 0 Å².